The van der Waals surface area contributed by atoms with Crippen molar-refractivity contribution in [1.82, 2.24) is 9.80 Å². The number of methoxy groups -OCH3 is 1. The second-order valence-corrected chi connectivity index (χ2v) is 6.24. The van der Waals surface area contributed by atoms with Crippen molar-refractivity contribution in [2.24, 2.45) is 5.92 Å². The lowest BCUT2D eigenvalue weighted by Gasteiger charge is -2.39. The third-order valence-corrected chi connectivity index (χ3v) is 4.49. The molecule has 2 aliphatic rings. The maximum absolute atomic E-state index is 12.7. The van der Waals surface area contributed by atoms with Gasteiger partial charge in [0, 0.05) is 32.2 Å². The number of nitrogens with zero attached hydrogens (tertiary/aromatic N) is 2. The Kier molecular flexibility index (Phi) is 5.22. The first kappa shape index (κ1) is 14.8. The predicted octanol–water partition coefficient (Wildman–Crippen LogP) is 1.74. The van der Waals surface area contributed by atoms with Gasteiger partial charge in [0.15, 0.2) is 0 Å². The van der Waals surface area contributed by atoms with E-state index in [0.29, 0.717) is 17.9 Å². The van der Waals surface area contributed by atoms with Crippen LogP contribution in [-0.2, 0) is 9.53 Å². The fraction of sp³-hybridized carbons (Fsp3) is 0.933. The Labute approximate surface area is 117 Å². The molecule has 2 unspecified atom stereocenters. The Hall–Kier alpha value is -0.610. The van der Waals surface area contributed by atoms with Crippen LogP contribution in [0.4, 0.5) is 0 Å². The monoisotopic (exact) mass is 268 g/mol. The van der Waals surface area contributed by atoms with E-state index in [9.17, 15) is 4.79 Å². The summed E-state index contributed by atoms with van der Waals surface area (Å²) < 4.78 is 5.21. The average molecular weight is 268 g/mol. The van der Waals surface area contributed by atoms with Crippen molar-refractivity contribution in [3.05, 3.63) is 0 Å². The Morgan fingerprint density at radius 1 is 1.26 bits per heavy atom. The Balaban J connectivity index is 1.94. The van der Waals surface area contributed by atoms with E-state index in [2.05, 4.69) is 23.6 Å². The number of ether oxygens (including phenoxy) is 1. The molecule has 0 aromatic carbocycles. The summed E-state index contributed by atoms with van der Waals surface area (Å²) in [7, 11) is 1.74. The molecule has 0 bridgehead atoms. The van der Waals surface area contributed by atoms with Crippen molar-refractivity contribution < 1.29 is 9.53 Å². The van der Waals surface area contributed by atoms with Crippen LogP contribution >= 0.6 is 0 Å². The van der Waals surface area contributed by atoms with Crippen LogP contribution in [0.25, 0.3) is 0 Å². The Morgan fingerprint density at radius 3 is 2.74 bits per heavy atom. The number of carbonyl (C=O) groups excluding carboxylic acids is 1. The van der Waals surface area contributed by atoms with Crippen molar-refractivity contribution in [3.63, 3.8) is 0 Å². The zero-order valence-electron chi connectivity index (χ0n) is 12.6. The van der Waals surface area contributed by atoms with E-state index in [1.54, 1.807) is 7.11 Å². The molecule has 0 N–H and O–H groups in total. The standard InChI is InChI=1S/C15H28N2O2/c1-12(2)17-8-5-4-6-14(17)15(18)16-9-7-13(10-16)11-19-3/h12-14H,4-11H2,1-3H3. The quantitative estimate of drug-likeness (QED) is 0.778. The molecule has 0 aromatic heterocycles. The Bertz CT molecular complexity index is 307. The zero-order chi connectivity index (χ0) is 13.8. The van der Waals surface area contributed by atoms with Crippen LogP contribution in [0.5, 0.6) is 0 Å². The van der Waals surface area contributed by atoms with Crippen LogP contribution in [0.3, 0.4) is 0 Å². The van der Waals surface area contributed by atoms with Gasteiger partial charge in [-0.25, -0.2) is 0 Å². The largest absolute Gasteiger partial charge is 0.384 e. The molecule has 1 amide bonds. The topological polar surface area (TPSA) is 32.8 Å². The maximum Gasteiger partial charge on any atom is 0.239 e. The van der Waals surface area contributed by atoms with E-state index in [-0.39, 0.29) is 6.04 Å². The van der Waals surface area contributed by atoms with E-state index in [1.807, 2.05) is 0 Å². The van der Waals surface area contributed by atoms with Crippen molar-refractivity contribution in [2.75, 3.05) is 33.4 Å². The molecule has 4 nitrogen and oxygen atoms in total. The molecule has 0 radical (unpaired) electrons. The highest BCUT2D eigenvalue weighted by Gasteiger charge is 2.35. The van der Waals surface area contributed by atoms with Gasteiger partial charge in [0.1, 0.15) is 0 Å². The second-order valence-electron chi connectivity index (χ2n) is 6.24. The highest BCUT2D eigenvalue weighted by atomic mass is 16.5. The number of amides is 1. The lowest BCUT2D eigenvalue weighted by atomic mass is 9.99. The minimum absolute atomic E-state index is 0.120. The van der Waals surface area contributed by atoms with Crippen molar-refractivity contribution >= 4 is 5.91 Å². The van der Waals surface area contributed by atoms with Crippen molar-refractivity contribution in [3.8, 4) is 0 Å². The first-order valence-corrected chi connectivity index (χ1v) is 7.67. The fourth-order valence-electron chi connectivity index (χ4n) is 3.45. The van der Waals surface area contributed by atoms with E-state index >= 15 is 0 Å². The van der Waals surface area contributed by atoms with Gasteiger partial charge in [-0.2, -0.15) is 0 Å². The van der Waals surface area contributed by atoms with Gasteiger partial charge in [-0.1, -0.05) is 6.42 Å². The lowest BCUT2D eigenvalue weighted by molar-refractivity contribution is -0.138. The number of rotatable bonds is 4. The third-order valence-electron chi connectivity index (χ3n) is 4.49. The van der Waals surface area contributed by atoms with Crippen molar-refractivity contribution in [1.29, 1.82) is 0 Å². The van der Waals surface area contributed by atoms with Gasteiger partial charge in [-0.15, -0.1) is 0 Å². The molecule has 0 aromatic rings. The first-order chi connectivity index (χ1) is 9.13. The fourth-order valence-corrected chi connectivity index (χ4v) is 3.45. The molecule has 2 atom stereocenters. The molecule has 0 aliphatic carbocycles. The number of carbonyl (C=O) groups is 1. The summed E-state index contributed by atoms with van der Waals surface area (Å²) in [4.78, 5) is 17.2. The van der Waals surface area contributed by atoms with Gasteiger partial charge < -0.3 is 9.64 Å². The number of hydrogen-bond acceptors (Lipinski definition) is 3. The molecule has 0 saturated carbocycles. The van der Waals surface area contributed by atoms with Crippen LogP contribution in [0.1, 0.15) is 39.5 Å². The van der Waals surface area contributed by atoms with Gasteiger partial charge >= 0.3 is 0 Å². The summed E-state index contributed by atoms with van der Waals surface area (Å²) in [5, 5.41) is 0. The zero-order valence-corrected chi connectivity index (χ0v) is 12.6. The van der Waals surface area contributed by atoms with E-state index in [0.717, 1.165) is 39.1 Å². The average Bonchev–Trinajstić information content (AvgIpc) is 2.87. The molecule has 2 fully saturated rings. The van der Waals surface area contributed by atoms with Gasteiger partial charge in [0.25, 0.3) is 0 Å². The highest BCUT2D eigenvalue weighted by molar-refractivity contribution is 5.82. The van der Waals surface area contributed by atoms with Crippen molar-refractivity contribution in [2.45, 2.75) is 51.6 Å². The lowest BCUT2D eigenvalue weighted by Crippen LogP contribution is -2.52. The molecule has 4 heteroatoms. The van der Waals surface area contributed by atoms with Crippen LogP contribution in [0.15, 0.2) is 0 Å². The molecule has 2 saturated heterocycles. The highest BCUT2D eigenvalue weighted by Crippen LogP contribution is 2.24. The number of piperidine rings is 1. The van der Waals surface area contributed by atoms with Crippen LogP contribution < -0.4 is 0 Å². The minimum atomic E-state index is 0.120. The molecule has 2 heterocycles. The van der Waals surface area contributed by atoms with Gasteiger partial charge in [-0.05, 0) is 39.7 Å². The summed E-state index contributed by atoms with van der Waals surface area (Å²) in [5.41, 5.74) is 0. The summed E-state index contributed by atoms with van der Waals surface area (Å²) in [6.07, 6.45) is 4.54. The normalized spacial score (nSPS) is 29.2. The molecule has 2 rings (SSSR count). The van der Waals surface area contributed by atoms with Gasteiger partial charge in [-0.3, -0.25) is 9.69 Å². The maximum atomic E-state index is 12.7. The molecular formula is C15H28N2O2. The molecule has 110 valence electrons. The van der Waals surface area contributed by atoms with E-state index in [1.165, 1.54) is 12.8 Å². The van der Waals surface area contributed by atoms with Gasteiger partial charge in [0.05, 0.1) is 12.6 Å². The first-order valence-electron chi connectivity index (χ1n) is 7.67. The van der Waals surface area contributed by atoms with Gasteiger partial charge in [0.2, 0.25) is 5.91 Å². The molecule has 0 spiro atoms. The summed E-state index contributed by atoms with van der Waals surface area (Å²) in [5.74, 6) is 0.886. The van der Waals surface area contributed by atoms with Crippen LogP contribution in [0.2, 0.25) is 0 Å². The second kappa shape index (κ2) is 6.71. The smallest absolute Gasteiger partial charge is 0.239 e. The molecule has 19 heavy (non-hydrogen) atoms. The predicted molar refractivity (Wildman–Crippen MR) is 76.0 cm³/mol. The summed E-state index contributed by atoms with van der Waals surface area (Å²) in [6, 6.07) is 0.585. The SMILES string of the molecule is COCC1CCN(C(=O)C2CCCCN2C(C)C)C1. The summed E-state index contributed by atoms with van der Waals surface area (Å²) >= 11 is 0. The molecule has 2 aliphatic heterocycles. The molecular weight excluding hydrogens is 240 g/mol. The number of hydrogen-bond donors (Lipinski definition) is 0. The summed E-state index contributed by atoms with van der Waals surface area (Å²) in [6.45, 7) is 8.04. The third kappa shape index (κ3) is 3.48. The van der Waals surface area contributed by atoms with E-state index in [4.69, 9.17) is 4.74 Å². The van der Waals surface area contributed by atoms with Crippen LogP contribution in [0, 0.1) is 5.92 Å². The minimum Gasteiger partial charge on any atom is -0.384 e. The Morgan fingerprint density at radius 2 is 2.05 bits per heavy atom. The number of likely N-dealkylation sites (tertiary alicyclic amines) is 2. The van der Waals surface area contributed by atoms with E-state index < -0.39 is 0 Å². The van der Waals surface area contributed by atoms with Crippen LogP contribution in [-0.4, -0.2) is 61.1 Å².